The third kappa shape index (κ3) is 3.74. The van der Waals surface area contributed by atoms with Gasteiger partial charge in [0.05, 0.1) is 0 Å². The molecule has 15 heavy (non-hydrogen) atoms. The van der Waals surface area contributed by atoms with Gasteiger partial charge in [0, 0.05) is 25.2 Å². The largest absolute Gasteiger partial charge is 0.313 e. The predicted molar refractivity (Wildman–Crippen MR) is 64.2 cm³/mol. The first kappa shape index (κ1) is 11.4. The minimum atomic E-state index is 0.817. The topological polar surface area (TPSA) is 18.5 Å². The summed E-state index contributed by atoms with van der Waals surface area (Å²) in [6.07, 6.45) is 5.50. The molecule has 0 radical (unpaired) electrons. The van der Waals surface area contributed by atoms with Crippen LogP contribution < -0.4 is 5.32 Å². The highest BCUT2D eigenvalue weighted by molar-refractivity contribution is 4.82. The monoisotopic (exact) mass is 211 g/mol. The van der Waals surface area contributed by atoms with Gasteiger partial charge in [-0.2, -0.15) is 0 Å². The summed E-state index contributed by atoms with van der Waals surface area (Å²) in [4.78, 5) is 4.98. The van der Waals surface area contributed by atoms with Gasteiger partial charge in [0.25, 0.3) is 0 Å². The van der Waals surface area contributed by atoms with Crippen LogP contribution in [0.25, 0.3) is 0 Å². The van der Waals surface area contributed by atoms with Crippen LogP contribution in [-0.2, 0) is 0 Å². The number of hydrogen-bond donors (Lipinski definition) is 1. The summed E-state index contributed by atoms with van der Waals surface area (Å²) in [5.74, 6) is 0. The van der Waals surface area contributed by atoms with Crippen LogP contribution in [0.1, 0.15) is 25.7 Å². The van der Waals surface area contributed by atoms with Crippen LogP contribution in [-0.4, -0.2) is 62.2 Å². The van der Waals surface area contributed by atoms with Crippen molar-refractivity contribution >= 4 is 0 Å². The molecule has 1 saturated carbocycles. The van der Waals surface area contributed by atoms with Gasteiger partial charge in [-0.25, -0.2) is 0 Å². The average molecular weight is 211 g/mol. The minimum absolute atomic E-state index is 0.817. The first-order chi connectivity index (χ1) is 7.25. The fraction of sp³-hybridized carbons (Fsp3) is 1.00. The molecule has 2 fully saturated rings. The molecule has 0 atom stereocenters. The third-order valence-corrected chi connectivity index (χ3v) is 3.73. The van der Waals surface area contributed by atoms with Crippen LogP contribution in [0, 0.1) is 0 Å². The summed E-state index contributed by atoms with van der Waals surface area (Å²) in [6.45, 7) is 5.01. The Morgan fingerprint density at radius 1 is 1.13 bits per heavy atom. The van der Waals surface area contributed by atoms with E-state index < -0.39 is 0 Å². The Labute approximate surface area is 93.8 Å². The van der Waals surface area contributed by atoms with E-state index in [2.05, 4.69) is 29.2 Å². The Morgan fingerprint density at radius 3 is 2.33 bits per heavy atom. The number of nitrogens with zero attached hydrogens (tertiary/aromatic N) is 2. The summed E-state index contributed by atoms with van der Waals surface area (Å²) in [7, 11) is 4.41. The maximum atomic E-state index is 3.59. The van der Waals surface area contributed by atoms with Gasteiger partial charge >= 0.3 is 0 Å². The van der Waals surface area contributed by atoms with Crippen molar-refractivity contribution in [2.75, 3.05) is 40.3 Å². The van der Waals surface area contributed by atoms with Crippen LogP contribution >= 0.6 is 0 Å². The molecule has 1 N–H and O–H groups in total. The number of nitrogens with one attached hydrogen (secondary N) is 1. The van der Waals surface area contributed by atoms with Crippen LogP contribution in [0.3, 0.4) is 0 Å². The van der Waals surface area contributed by atoms with Crippen molar-refractivity contribution < 1.29 is 0 Å². The molecule has 2 rings (SSSR count). The van der Waals surface area contributed by atoms with Crippen molar-refractivity contribution in [2.45, 2.75) is 37.8 Å². The average Bonchev–Trinajstić information content (AvgIpc) is 3.02. The Bertz CT molecular complexity index is 179. The minimum Gasteiger partial charge on any atom is -0.313 e. The molecule has 1 heterocycles. The van der Waals surface area contributed by atoms with E-state index in [0.29, 0.717) is 0 Å². The van der Waals surface area contributed by atoms with Gasteiger partial charge in [-0.05, 0) is 52.9 Å². The van der Waals surface area contributed by atoms with Crippen LogP contribution in [0.2, 0.25) is 0 Å². The zero-order valence-electron chi connectivity index (χ0n) is 10.2. The molecule has 0 aromatic rings. The van der Waals surface area contributed by atoms with E-state index in [-0.39, 0.29) is 0 Å². The lowest BCUT2D eigenvalue weighted by molar-refractivity contribution is 0.145. The third-order valence-electron chi connectivity index (χ3n) is 3.73. The molecule has 0 bridgehead atoms. The first-order valence-electron chi connectivity index (χ1n) is 6.38. The lowest BCUT2D eigenvalue weighted by Gasteiger charge is -2.35. The van der Waals surface area contributed by atoms with Crippen LogP contribution in [0.15, 0.2) is 0 Å². The van der Waals surface area contributed by atoms with Gasteiger partial charge in [0.15, 0.2) is 0 Å². The molecule has 88 valence electrons. The summed E-state index contributed by atoms with van der Waals surface area (Å²) < 4.78 is 0. The quantitative estimate of drug-likeness (QED) is 0.724. The zero-order chi connectivity index (χ0) is 10.7. The predicted octanol–water partition coefficient (Wildman–Crippen LogP) is 0.764. The standard InChI is InChI=1S/C12H25N3/c1-14(2)12-5-8-15(9-6-12)10-7-13-11-3-4-11/h11-13H,3-10H2,1-2H3. The maximum Gasteiger partial charge on any atom is 0.0113 e. The van der Waals surface area contributed by atoms with E-state index >= 15 is 0 Å². The van der Waals surface area contributed by atoms with Crippen molar-refractivity contribution in [3.05, 3.63) is 0 Å². The summed E-state index contributed by atoms with van der Waals surface area (Å²) in [5, 5.41) is 3.59. The molecule has 2 aliphatic rings. The number of hydrogen-bond acceptors (Lipinski definition) is 3. The molecule has 3 heteroatoms. The van der Waals surface area contributed by atoms with E-state index in [4.69, 9.17) is 0 Å². The molecular formula is C12H25N3. The molecule has 0 unspecified atom stereocenters. The highest BCUT2D eigenvalue weighted by Gasteiger charge is 2.22. The van der Waals surface area contributed by atoms with E-state index in [1.807, 2.05) is 0 Å². The smallest absolute Gasteiger partial charge is 0.0113 e. The molecule has 0 aromatic carbocycles. The molecule has 0 aromatic heterocycles. The van der Waals surface area contributed by atoms with Gasteiger partial charge < -0.3 is 15.1 Å². The molecule has 0 amide bonds. The van der Waals surface area contributed by atoms with Crippen molar-refractivity contribution in [1.82, 2.24) is 15.1 Å². The fourth-order valence-electron chi connectivity index (χ4n) is 2.37. The van der Waals surface area contributed by atoms with Gasteiger partial charge in [0.1, 0.15) is 0 Å². The summed E-state index contributed by atoms with van der Waals surface area (Å²) in [5.41, 5.74) is 0. The summed E-state index contributed by atoms with van der Waals surface area (Å²) in [6, 6.07) is 1.68. The van der Waals surface area contributed by atoms with Crippen LogP contribution in [0.4, 0.5) is 0 Å². The second-order valence-corrected chi connectivity index (χ2v) is 5.26. The second kappa shape index (κ2) is 5.28. The van der Waals surface area contributed by atoms with E-state index in [1.54, 1.807) is 0 Å². The SMILES string of the molecule is CN(C)C1CCN(CCNC2CC2)CC1. The Kier molecular flexibility index (Phi) is 4.00. The van der Waals surface area contributed by atoms with Crippen molar-refractivity contribution in [2.24, 2.45) is 0 Å². The number of likely N-dealkylation sites (tertiary alicyclic amines) is 1. The van der Waals surface area contributed by atoms with E-state index in [1.165, 1.54) is 51.9 Å². The molecule has 1 aliphatic carbocycles. The van der Waals surface area contributed by atoms with E-state index in [0.717, 1.165) is 12.1 Å². The maximum absolute atomic E-state index is 3.59. The van der Waals surface area contributed by atoms with Gasteiger partial charge in [0.2, 0.25) is 0 Å². The zero-order valence-corrected chi connectivity index (χ0v) is 10.2. The molecule has 0 spiro atoms. The van der Waals surface area contributed by atoms with Gasteiger partial charge in [-0.3, -0.25) is 0 Å². The number of rotatable bonds is 5. The lowest BCUT2D eigenvalue weighted by Crippen LogP contribution is -2.44. The normalized spacial score (nSPS) is 25.0. The van der Waals surface area contributed by atoms with Crippen LogP contribution in [0.5, 0.6) is 0 Å². The molecule has 1 saturated heterocycles. The highest BCUT2D eigenvalue weighted by Crippen LogP contribution is 2.18. The van der Waals surface area contributed by atoms with Gasteiger partial charge in [-0.15, -0.1) is 0 Å². The Morgan fingerprint density at radius 2 is 1.80 bits per heavy atom. The van der Waals surface area contributed by atoms with Gasteiger partial charge in [-0.1, -0.05) is 0 Å². The van der Waals surface area contributed by atoms with Crippen molar-refractivity contribution in [3.63, 3.8) is 0 Å². The molecular weight excluding hydrogens is 186 g/mol. The summed E-state index contributed by atoms with van der Waals surface area (Å²) >= 11 is 0. The lowest BCUT2D eigenvalue weighted by atomic mass is 10.0. The van der Waals surface area contributed by atoms with E-state index in [9.17, 15) is 0 Å². The Balaban J connectivity index is 1.56. The molecule has 3 nitrogen and oxygen atoms in total. The van der Waals surface area contributed by atoms with Crippen molar-refractivity contribution in [3.8, 4) is 0 Å². The molecule has 1 aliphatic heterocycles. The highest BCUT2D eigenvalue weighted by atomic mass is 15.2. The first-order valence-corrected chi connectivity index (χ1v) is 6.38. The van der Waals surface area contributed by atoms with Crippen molar-refractivity contribution in [1.29, 1.82) is 0 Å². The fourth-order valence-corrected chi connectivity index (χ4v) is 2.37. The number of piperidine rings is 1. The Hall–Kier alpha value is -0.120. The second-order valence-electron chi connectivity index (χ2n) is 5.26.